The Morgan fingerprint density at radius 3 is 3.06 bits per heavy atom. The van der Waals surface area contributed by atoms with Crippen molar-refractivity contribution in [2.24, 2.45) is 5.92 Å². The van der Waals surface area contributed by atoms with Crippen LogP contribution in [-0.2, 0) is 6.54 Å². The number of nitrogens with zero attached hydrogens (tertiary/aromatic N) is 1. The molecule has 2 heterocycles. The maximum absolute atomic E-state index is 3.30. The molecule has 90 valence electrons. The van der Waals surface area contributed by atoms with Crippen LogP contribution in [0.4, 0.5) is 0 Å². The first-order chi connectivity index (χ1) is 7.78. The fourth-order valence-corrected chi connectivity index (χ4v) is 3.47. The highest BCUT2D eigenvalue weighted by molar-refractivity contribution is 7.11. The minimum Gasteiger partial charge on any atom is -0.319 e. The van der Waals surface area contributed by atoms with E-state index in [-0.39, 0.29) is 0 Å². The fourth-order valence-electron chi connectivity index (χ4n) is 2.54. The van der Waals surface area contributed by atoms with Crippen molar-refractivity contribution in [3.8, 4) is 0 Å². The van der Waals surface area contributed by atoms with E-state index >= 15 is 0 Å². The van der Waals surface area contributed by atoms with Gasteiger partial charge in [0, 0.05) is 22.8 Å². The minimum absolute atomic E-state index is 0.847. The molecule has 1 aliphatic heterocycles. The van der Waals surface area contributed by atoms with Crippen LogP contribution in [0.2, 0.25) is 0 Å². The lowest BCUT2D eigenvalue weighted by molar-refractivity contribution is 0.168. The second-order valence-electron chi connectivity index (χ2n) is 4.81. The Hall–Kier alpha value is -0.380. The Morgan fingerprint density at radius 2 is 2.38 bits per heavy atom. The summed E-state index contributed by atoms with van der Waals surface area (Å²) in [4.78, 5) is 5.55. The average Bonchev–Trinajstić information content (AvgIpc) is 2.65. The van der Waals surface area contributed by atoms with Gasteiger partial charge in [-0.05, 0) is 58.0 Å². The summed E-state index contributed by atoms with van der Waals surface area (Å²) in [6, 6.07) is 4.51. The number of thiophene rings is 1. The molecule has 1 fully saturated rings. The molecule has 2 nitrogen and oxygen atoms in total. The second kappa shape index (κ2) is 5.80. The third kappa shape index (κ3) is 3.30. The topological polar surface area (TPSA) is 15.3 Å². The lowest BCUT2D eigenvalue weighted by Crippen LogP contribution is -2.38. The molecule has 1 aliphatic rings. The van der Waals surface area contributed by atoms with E-state index in [0.717, 1.165) is 12.5 Å². The molecule has 1 aromatic rings. The molecule has 0 radical (unpaired) electrons. The van der Waals surface area contributed by atoms with Crippen LogP contribution in [0.15, 0.2) is 12.1 Å². The van der Waals surface area contributed by atoms with Crippen LogP contribution < -0.4 is 5.32 Å². The van der Waals surface area contributed by atoms with E-state index in [4.69, 9.17) is 0 Å². The zero-order valence-corrected chi connectivity index (χ0v) is 11.1. The van der Waals surface area contributed by atoms with Crippen LogP contribution in [0.3, 0.4) is 0 Å². The number of piperidine rings is 1. The van der Waals surface area contributed by atoms with Gasteiger partial charge in [-0.1, -0.05) is 0 Å². The maximum atomic E-state index is 3.30. The third-order valence-electron chi connectivity index (χ3n) is 3.27. The van der Waals surface area contributed by atoms with Crippen LogP contribution in [0.5, 0.6) is 0 Å². The summed E-state index contributed by atoms with van der Waals surface area (Å²) in [5, 5.41) is 3.30. The molecule has 0 aliphatic carbocycles. The third-order valence-corrected chi connectivity index (χ3v) is 4.26. The fraction of sp³-hybridized carbons (Fsp3) is 0.692. The van der Waals surface area contributed by atoms with Crippen LogP contribution in [0.25, 0.3) is 0 Å². The van der Waals surface area contributed by atoms with Crippen molar-refractivity contribution >= 4 is 11.3 Å². The van der Waals surface area contributed by atoms with E-state index in [1.807, 2.05) is 11.3 Å². The smallest absolute Gasteiger partial charge is 0.0328 e. The largest absolute Gasteiger partial charge is 0.319 e. The SMILES string of the molecule is CNCC1CCCN(Cc2ccc(C)s2)C1. The van der Waals surface area contributed by atoms with Gasteiger partial charge in [-0.3, -0.25) is 4.90 Å². The van der Waals surface area contributed by atoms with E-state index in [0.29, 0.717) is 0 Å². The van der Waals surface area contributed by atoms with Crippen molar-refractivity contribution in [1.29, 1.82) is 0 Å². The van der Waals surface area contributed by atoms with Gasteiger partial charge in [-0.15, -0.1) is 11.3 Å². The zero-order valence-electron chi connectivity index (χ0n) is 10.3. The summed E-state index contributed by atoms with van der Waals surface area (Å²) < 4.78 is 0. The first kappa shape index (κ1) is 12.1. The van der Waals surface area contributed by atoms with Crippen molar-refractivity contribution in [2.75, 3.05) is 26.7 Å². The van der Waals surface area contributed by atoms with Gasteiger partial charge in [0.1, 0.15) is 0 Å². The average molecular weight is 238 g/mol. The van der Waals surface area contributed by atoms with Crippen LogP contribution in [0, 0.1) is 12.8 Å². The van der Waals surface area contributed by atoms with Gasteiger partial charge in [-0.2, -0.15) is 0 Å². The van der Waals surface area contributed by atoms with E-state index in [1.165, 1.54) is 42.2 Å². The highest BCUT2D eigenvalue weighted by Crippen LogP contribution is 2.21. The van der Waals surface area contributed by atoms with Gasteiger partial charge in [0.2, 0.25) is 0 Å². The van der Waals surface area contributed by atoms with Crippen molar-refractivity contribution < 1.29 is 0 Å². The van der Waals surface area contributed by atoms with Crippen molar-refractivity contribution in [3.63, 3.8) is 0 Å². The normalized spacial score (nSPS) is 22.5. The molecule has 2 rings (SSSR count). The Kier molecular flexibility index (Phi) is 4.38. The summed E-state index contributed by atoms with van der Waals surface area (Å²) >= 11 is 1.94. The molecule has 1 N–H and O–H groups in total. The molecule has 1 unspecified atom stereocenters. The second-order valence-corrected chi connectivity index (χ2v) is 6.19. The summed E-state index contributed by atoms with van der Waals surface area (Å²) in [7, 11) is 2.06. The molecule has 1 atom stereocenters. The molecule has 3 heteroatoms. The molecule has 0 aromatic carbocycles. The van der Waals surface area contributed by atoms with Crippen LogP contribution in [-0.4, -0.2) is 31.6 Å². The number of likely N-dealkylation sites (tertiary alicyclic amines) is 1. The predicted octanol–water partition coefficient (Wildman–Crippen LogP) is 2.49. The van der Waals surface area contributed by atoms with Crippen molar-refractivity contribution in [3.05, 3.63) is 21.9 Å². The van der Waals surface area contributed by atoms with Gasteiger partial charge in [-0.25, -0.2) is 0 Å². The Morgan fingerprint density at radius 1 is 1.50 bits per heavy atom. The summed E-state index contributed by atoms with van der Waals surface area (Å²) in [6.45, 7) is 7.04. The molecule has 16 heavy (non-hydrogen) atoms. The maximum Gasteiger partial charge on any atom is 0.0328 e. The summed E-state index contributed by atoms with van der Waals surface area (Å²) in [5.74, 6) is 0.847. The standard InChI is InChI=1S/C13H22N2S/c1-11-5-6-13(16-11)10-15-7-3-4-12(9-15)8-14-2/h5-6,12,14H,3-4,7-10H2,1-2H3. The van der Waals surface area contributed by atoms with Gasteiger partial charge in [0.25, 0.3) is 0 Å². The number of aryl methyl sites for hydroxylation is 1. The monoisotopic (exact) mass is 238 g/mol. The van der Waals surface area contributed by atoms with Gasteiger partial charge in [0.15, 0.2) is 0 Å². The number of hydrogen-bond acceptors (Lipinski definition) is 3. The van der Waals surface area contributed by atoms with Gasteiger partial charge < -0.3 is 5.32 Å². The first-order valence-corrected chi connectivity index (χ1v) is 7.02. The lowest BCUT2D eigenvalue weighted by atomic mass is 9.98. The van der Waals surface area contributed by atoms with E-state index in [9.17, 15) is 0 Å². The highest BCUT2D eigenvalue weighted by Gasteiger charge is 2.19. The van der Waals surface area contributed by atoms with E-state index in [2.05, 4.69) is 36.3 Å². The quantitative estimate of drug-likeness (QED) is 0.867. The first-order valence-electron chi connectivity index (χ1n) is 6.20. The highest BCUT2D eigenvalue weighted by atomic mass is 32.1. The number of rotatable bonds is 4. The predicted molar refractivity (Wildman–Crippen MR) is 71.0 cm³/mol. The Bertz CT molecular complexity index is 319. The Balaban J connectivity index is 1.85. The minimum atomic E-state index is 0.847. The number of nitrogens with one attached hydrogen (secondary N) is 1. The van der Waals surface area contributed by atoms with Crippen molar-refractivity contribution in [1.82, 2.24) is 10.2 Å². The number of hydrogen-bond donors (Lipinski definition) is 1. The zero-order chi connectivity index (χ0) is 11.4. The molecule has 0 amide bonds. The van der Waals surface area contributed by atoms with E-state index in [1.54, 1.807) is 0 Å². The van der Waals surface area contributed by atoms with Crippen molar-refractivity contribution in [2.45, 2.75) is 26.3 Å². The lowest BCUT2D eigenvalue weighted by Gasteiger charge is -2.32. The molecule has 1 aromatic heterocycles. The van der Waals surface area contributed by atoms with E-state index < -0.39 is 0 Å². The molecular formula is C13H22N2S. The molecule has 0 spiro atoms. The summed E-state index contributed by atoms with van der Waals surface area (Å²) in [6.07, 6.45) is 2.75. The molecular weight excluding hydrogens is 216 g/mol. The summed E-state index contributed by atoms with van der Waals surface area (Å²) in [5.41, 5.74) is 0. The molecule has 0 bridgehead atoms. The molecule has 0 saturated carbocycles. The van der Waals surface area contributed by atoms with Crippen LogP contribution in [0.1, 0.15) is 22.6 Å². The van der Waals surface area contributed by atoms with Gasteiger partial charge in [0.05, 0.1) is 0 Å². The van der Waals surface area contributed by atoms with Crippen LogP contribution >= 0.6 is 11.3 Å². The molecule has 1 saturated heterocycles. The van der Waals surface area contributed by atoms with Gasteiger partial charge >= 0.3 is 0 Å². The Labute approximate surface area is 103 Å².